The van der Waals surface area contributed by atoms with Crippen molar-refractivity contribution in [3.63, 3.8) is 0 Å². The number of morpholine rings is 1. The van der Waals surface area contributed by atoms with Crippen LogP contribution in [0.15, 0.2) is 18.2 Å². The van der Waals surface area contributed by atoms with Gasteiger partial charge in [0.05, 0.1) is 30.5 Å². The number of anilines is 2. The van der Waals surface area contributed by atoms with Gasteiger partial charge in [0.15, 0.2) is 0 Å². The number of hydrogen-bond donors (Lipinski definition) is 2. The fourth-order valence-corrected chi connectivity index (χ4v) is 2.31. The SMILES string of the molecule is CNCC(=O)Nc1ccc(N2CCOCC2)c(Cl)c1. The molecular formula is C13H18ClN3O2. The molecule has 2 rings (SSSR count). The van der Waals surface area contributed by atoms with Crippen LogP contribution in [-0.2, 0) is 9.53 Å². The highest BCUT2D eigenvalue weighted by Gasteiger charge is 2.14. The molecule has 2 N–H and O–H groups in total. The van der Waals surface area contributed by atoms with Crippen LogP contribution in [0.2, 0.25) is 5.02 Å². The van der Waals surface area contributed by atoms with Crippen LogP contribution >= 0.6 is 11.6 Å². The van der Waals surface area contributed by atoms with Crippen LogP contribution in [0.1, 0.15) is 0 Å². The molecule has 0 saturated carbocycles. The van der Waals surface area contributed by atoms with Crippen LogP contribution in [0, 0.1) is 0 Å². The van der Waals surface area contributed by atoms with Crippen LogP contribution in [0.3, 0.4) is 0 Å². The quantitative estimate of drug-likeness (QED) is 0.875. The van der Waals surface area contributed by atoms with E-state index in [1.54, 1.807) is 13.1 Å². The average molecular weight is 284 g/mol. The Labute approximate surface area is 117 Å². The number of amides is 1. The summed E-state index contributed by atoms with van der Waals surface area (Å²) < 4.78 is 5.32. The van der Waals surface area contributed by atoms with E-state index >= 15 is 0 Å². The lowest BCUT2D eigenvalue weighted by Crippen LogP contribution is -2.36. The number of benzene rings is 1. The highest BCUT2D eigenvalue weighted by molar-refractivity contribution is 6.33. The number of hydrogen-bond acceptors (Lipinski definition) is 4. The Kier molecular flexibility index (Phi) is 5.01. The number of rotatable bonds is 4. The lowest BCUT2D eigenvalue weighted by Gasteiger charge is -2.29. The van der Waals surface area contributed by atoms with Crippen LogP contribution in [-0.4, -0.2) is 45.8 Å². The number of nitrogens with zero attached hydrogens (tertiary/aromatic N) is 1. The van der Waals surface area contributed by atoms with Gasteiger partial charge in [-0.25, -0.2) is 0 Å². The van der Waals surface area contributed by atoms with Crippen LogP contribution < -0.4 is 15.5 Å². The smallest absolute Gasteiger partial charge is 0.238 e. The predicted molar refractivity (Wildman–Crippen MR) is 77.0 cm³/mol. The van der Waals surface area contributed by atoms with Gasteiger partial charge in [0.25, 0.3) is 0 Å². The van der Waals surface area contributed by atoms with Crippen molar-refractivity contribution in [3.05, 3.63) is 23.2 Å². The highest BCUT2D eigenvalue weighted by atomic mass is 35.5. The summed E-state index contributed by atoms with van der Waals surface area (Å²) in [4.78, 5) is 13.7. The Hall–Kier alpha value is -1.30. The second kappa shape index (κ2) is 6.75. The number of halogens is 1. The summed E-state index contributed by atoms with van der Waals surface area (Å²) in [7, 11) is 1.73. The molecule has 1 amide bonds. The summed E-state index contributed by atoms with van der Waals surface area (Å²) in [5.41, 5.74) is 1.69. The number of ether oxygens (including phenoxy) is 1. The minimum absolute atomic E-state index is 0.0855. The molecule has 1 aliphatic heterocycles. The van der Waals surface area contributed by atoms with E-state index < -0.39 is 0 Å². The van der Waals surface area contributed by atoms with E-state index in [0.29, 0.717) is 10.7 Å². The highest BCUT2D eigenvalue weighted by Crippen LogP contribution is 2.29. The molecule has 104 valence electrons. The molecule has 1 aromatic carbocycles. The van der Waals surface area contributed by atoms with E-state index in [9.17, 15) is 4.79 Å². The second-order valence-corrected chi connectivity index (χ2v) is 4.75. The maximum absolute atomic E-state index is 11.5. The summed E-state index contributed by atoms with van der Waals surface area (Å²) in [6, 6.07) is 5.58. The summed E-state index contributed by atoms with van der Waals surface area (Å²) in [5.74, 6) is -0.0855. The molecule has 0 aliphatic carbocycles. The molecule has 1 heterocycles. The lowest BCUT2D eigenvalue weighted by molar-refractivity contribution is -0.115. The molecule has 0 unspecified atom stereocenters. The van der Waals surface area contributed by atoms with Crippen molar-refractivity contribution in [2.75, 3.05) is 50.1 Å². The lowest BCUT2D eigenvalue weighted by atomic mass is 10.2. The van der Waals surface area contributed by atoms with Crippen LogP contribution in [0.25, 0.3) is 0 Å². The molecule has 0 atom stereocenters. The largest absolute Gasteiger partial charge is 0.378 e. The Morgan fingerprint density at radius 3 is 2.79 bits per heavy atom. The number of nitrogens with one attached hydrogen (secondary N) is 2. The topological polar surface area (TPSA) is 53.6 Å². The minimum atomic E-state index is -0.0855. The van der Waals surface area contributed by atoms with E-state index in [4.69, 9.17) is 16.3 Å². The third-order valence-corrected chi connectivity index (χ3v) is 3.22. The van der Waals surface area contributed by atoms with E-state index in [-0.39, 0.29) is 12.5 Å². The Balaban J connectivity index is 2.06. The molecule has 0 radical (unpaired) electrons. The Morgan fingerprint density at radius 1 is 1.42 bits per heavy atom. The fraction of sp³-hybridized carbons (Fsp3) is 0.462. The van der Waals surface area contributed by atoms with Crippen molar-refractivity contribution < 1.29 is 9.53 Å². The molecule has 1 aliphatic rings. The fourth-order valence-electron chi connectivity index (χ4n) is 2.01. The Morgan fingerprint density at radius 2 is 2.16 bits per heavy atom. The summed E-state index contributed by atoms with van der Waals surface area (Å²) in [5, 5.41) is 6.23. The van der Waals surface area contributed by atoms with Crippen molar-refractivity contribution in [2.45, 2.75) is 0 Å². The average Bonchev–Trinajstić information content (AvgIpc) is 2.40. The molecule has 1 aromatic rings. The third-order valence-electron chi connectivity index (χ3n) is 2.92. The Bertz CT molecular complexity index is 448. The number of carbonyl (C=O) groups is 1. The molecule has 0 bridgehead atoms. The zero-order valence-corrected chi connectivity index (χ0v) is 11.7. The number of carbonyl (C=O) groups excluding carboxylic acids is 1. The minimum Gasteiger partial charge on any atom is -0.378 e. The van der Waals surface area contributed by atoms with Gasteiger partial charge in [-0.05, 0) is 25.2 Å². The van der Waals surface area contributed by atoms with Crippen molar-refractivity contribution in [3.8, 4) is 0 Å². The molecule has 5 nitrogen and oxygen atoms in total. The first-order valence-corrected chi connectivity index (χ1v) is 6.65. The maximum atomic E-state index is 11.5. The number of likely N-dealkylation sites (N-methyl/N-ethyl adjacent to an activating group) is 1. The van der Waals surface area contributed by atoms with Crippen molar-refractivity contribution in [1.82, 2.24) is 5.32 Å². The van der Waals surface area contributed by atoms with Gasteiger partial charge in [-0.3, -0.25) is 4.79 Å². The molecule has 0 aromatic heterocycles. The maximum Gasteiger partial charge on any atom is 0.238 e. The summed E-state index contributed by atoms with van der Waals surface area (Å²) >= 11 is 6.27. The van der Waals surface area contributed by atoms with Gasteiger partial charge in [-0.1, -0.05) is 11.6 Å². The standard InChI is InChI=1S/C13H18ClN3O2/c1-15-9-13(18)16-10-2-3-12(11(14)8-10)17-4-6-19-7-5-17/h2-3,8,15H,4-7,9H2,1H3,(H,16,18). The van der Waals surface area contributed by atoms with Crippen molar-refractivity contribution >= 4 is 28.9 Å². The molecule has 1 fully saturated rings. The summed E-state index contributed by atoms with van der Waals surface area (Å²) in [6.45, 7) is 3.40. The molecular weight excluding hydrogens is 266 g/mol. The van der Waals surface area contributed by atoms with Gasteiger partial charge >= 0.3 is 0 Å². The molecule has 0 spiro atoms. The zero-order valence-electron chi connectivity index (χ0n) is 10.9. The van der Waals surface area contributed by atoms with E-state index in [1.165, 1.54) is 0 Å². The first kappa shape index (κ1) is 14.1. The van der Waals surface area contributed by atoms with Gasteiger partial charge in [-0.2, -0.15) is 0 Å². The normalized spacial score (nSPS) is 15.4. The van der Waals surface area contributed by atoms with Gasteiger partial charge in [0.1, 0.15) is 0 Å². The second-order valence-electron chi connectivity index (χ2n) is 4.34. The van der Waals surface area contributed by atoms with Gasteiger partial charge in [0, 0.05) is 18.8 Å². The van der Waals surface area contributed by atoms with Gasteiger partial charge in [0.2, 0.25) is 5.91 Å². The first-order valence-electron chi connectivity index (χ1n) is 6.27. The van der Waals surface area contributed by atoms with E-state index in [0.717, 1.165) is 32.0 Å². The molecule has 19 heavy (non-hydrogen) atoms. The monoisotopic (exact) mass is 283 g/mol. The summed E-state index contributed by atoms with van der Waals surface area (Å²) in [6.07, 6.45) is 0. The predicted octanol–water partition coefficient (Wildman–Crippen LogP) is 1.33. The van der Waals surface area contributed by atoms with Crippen molar-refractivity contribution in [1.29, 1.82) is 0 Å². The molecule has 6 heteroatoms. The van der Waals surface area contributed by atoms with E-state index in [1.807, 2.05) is 12.1 Å². The van der Waals surface area contributed by atoms with Gasteiger partial charge in [-0.15, -0.1) is 0 Å². The van der Waals surface area contributed by atoms with Gasteiger partial charge < -0.3 is 20.3 Å². The van der Waals surface area contributed by atoms with Crippen molar-refractivity contribution in [2.24, 2.45) is 0 Å². The van der Waals surface area contributed by atoms with E-state index in [2.05, 4.69) is 15.5 Å². The van der Waals surface area contributed by atoms with Crippen LogP contribution in [0.5, 0.6) is 0 Å². The first-order chi connectivity index (χ1) is 9.20. The molecule has 1 saturated heterocycles. The van der Waals surface area contributed by atoms with Crippen LogP contribution in [0.4, 0.5) is 11.4 Å². The third kappa shape index (κ3) is 3.83. The zero-order chi connectivity index (χ0) is 13.7.